The van der Waals surface area contributed by atoms with Crippen LogP contribution in [-0.2, 0) is 23.1 Å². The third-order valence-corrected chi connectivity index (χ3v) is 4.91. The first kappa shape index (κ1) is 20.4. The van der Waals surface area contributed by atoms with Gasteiger partial charge in [-0.3, -0.25) is 18.7 Å². The van der Waals surface area contributed by atoms with Crippen LogP contribution in [0.15, 0.2) is 27.1 Å². The third-order valence-electron chi connectivity index (χ3n) is 3.93. The van der Waals surface area contributed by atoms with Gasteiger partial charge in [-0.25, -0.2) is 9.59 Å². The normalized spacial score (nSPS) is 11.1. The van der Waals surface area contributed by atoms with Gasteiger partial charge in [0.05, 0.1) is 0 Å². The maximum atomic E-state index is 12.4. The van der Waals surface area contributed by atoms with Crippen LogP contribution in [0.4, 0.5) is 5.82 Å². The lowest BCUT2D eigenvalue weighted by Crippen LogP contribution is -2.43. The number of ether oxygens (including phenoxy) is 1. The summed E-state index contributed by atoms with van der Waals surface area (Å²) in [5.41, 5.74) is 5.13. The molecule has 0 fully saturated rings. The quantitative estimate of drug-likeness (QED) is 0.433. The number of carbonyl (C=O) groups excluding carboxylic acids is 2. The zero-order valence-corrected chi connectivity index (χ0v) is 16.2. The SMILES string of the molecule is CCCn1c(N)c(C(=O)COC(=O)/C=C/c2sccc2C)c(=O)n(C)c1=O. The number of hydrogen-bond acceptors (Lipinski definition) is 7. The summed E-state index contributed by atoms with van der Waals surface area (Å²) in [5.74, 6) is -1.68. The number of esters is 1. The fourth-order valence-corrected chi connectivity index (χ4v) is 3.26. The molecule has 2 aromatic heterocycles. The van der Waals surface area contributed by atoms with Gasteiger partial charge in [0.2, 0.25) is 5.78 Å². The molecule has 0 aliphatic rings. The Morgan fingerprint density at radius 1 is 1.33 bits per heavy atom. The van der Waals surface area contributed by atoms with E-state index in [1.165, 1.54) is 24.5 Å². The van der Waals surface area contributed by atoms with Gasteiger partial charge < -0.3 is 10.5 Å². The van der Waals surface area contributed by atoms with Crippen LogP contribution < -0.4 is 17.0 Å². The fourth-order valence-electron chi connectivity index (χ4n) is 2.44. The topological polar surface area (TPSA) is 113 Å². The van der Waals surface area contributed by atoms with Crippen LogP contribution in [0.2, 0.25) is 0 Å². The summed E-state index contributed by atoms with van der Waals surface area (Å²) in [4.78, 5) is 49.5. The molecule has 0 aliphatic carbocycles. The Bertz CT molecular complexity index is 1010. The number of ketones is 1. The summed E-state index contributed by atoms with van der Waals surface area (Å²) in [6.07, 6.45) is 3.41. The molecular formula is C18H21N3O5S. The molecule has 0 atom stereocenters. The van der Waals surface area contributed by atoms with Crippen LogP contribution in [0.1, 0.15) is 34.1 Å². The number of thiophene rings is 1. The minimum absolute atomic E-state index is 0.212. The van der Waals surface area contributed by atoms with Crippen LogP contribution in [0.25, 0.3) is 6.08 Å². The fraction of sp³-hybridized carbons (Fsp3) is 0.333. The molecule has 0 radical (unpaired) electrons. The van der Waals surface area contributed by atoms with Crippen molar-refractivity contribution in [3.05, 3.63) is 54.4 Å². The molecule has 0 unspecified atom stereocenters. The van der Waals surface area contributed by atoms with E-state index in [1.807, 2.05) is 25.3 Å². The molecule has 0 bridgehead atoms. The number of aromatic nitrogens is 2. The van der Waals surface area contributed by atoms with Gasteiger partial charge in [0.1, 0.15) is 11.4 Å². The first-order chi connectivity index (χ1) is 12.8. The highest BCUT2D eigenvalue weighted by Gasteiger charge is 2.22. The second-order valence-corrected chi connectivity index (χ2v) is 6.84. The first-order valence-corrected chi connectivity index (χ1v) is 9.17. The molecule has 0 aliphatic heterocycles. The van der Waals surface area contributed by atoms with E-state index in [1.54, 1.807) is 6.08 Å². The predicted octanol–water partition coefficient (Wildman–Crippen LogP) is 1.35. The average molecular weight is 391 g/mol. The molecular weight excluding hydrogens is 370 g/mol. The molecule has 9 heteroatoms. The van der Waals surface area contributed by atoms with Crippen LogP contribution in [0.5, 0.6) is 0 Å². The summed E-state index contributed by atoms with van der Waals surface area (Å²) in [5, 5.41) is 1.90. The molecule has 27 heavy (non-hydrogen) atoms. The Kier molecular flexibility index (Phi) is 6.51. The van der Waals surface area contributed by atoms with Crippen molar-refractivity contribution < 1.29 is 14.3 Å². The number of aryl methyl sites for hydroxylation is 1. The van der Waals surface area contributed by atoms with E-state index in [0.29, 0.717) is 6.42 Å². The molecule has 8 nitrogen and oxygen atoms in total. The number of nitrogen functional groups attached to an aromatic ring is 1. The van der Waals surface area contributed by atoms with Crippen LogP contribution in [0, 0.1) is 6.92 Å². The van der Waals surface area contributed by atoms with Crippen molar-refractivity contribution in [1.29, 1.82) is 0 Å². The predicted molar refractivity (Wildman–Crippen MR) is 104 cm³/mol. The Morgan fingerprint density at radius 3 is 2.63 bits per heavy atom. The van der Waals surface area contributed by atoms with E-state index in [0.717, 1.165) is 19.6 Å². The van der Waals surface area contributed by atoms with Crippen LogP contribution >= 0.6 is 11.3 Å². The van der Waals surface area contributed by atoms with Gasteiger partial charge in [0.25, 0.3) is 5.56 Å². The van der Waals surface area contributed by atoms with Crippen molar-refractivity contribution in [3.63, 3.8) is 0 Å². The number of rotatable bonds is 7. The highest BCUT2D eigenvalue weighted by Crippen LogP contribution is 2.17. The minimum atomic E-state index is -0.810. The van der Waals surface area contributed by atoms with Crippen molar-refractivity contribution >= 4 is 35.0 Å². The summed E-state index contributed by atoms with van der Waals surface area (Å²) in [7, 11) is 1.27. The Balaban J connectivity index is 2.17. The second-order valence-electron chi connectivity index (χ2n) is 5.89. The zero-order valence-electron chi connectivity index (χ0n) is 15.4. The standard InChI is InChI=1S/C18H21N3O5S/c1-4-8-21-16(19)15(17(24)20(3)18(21)25)12(22)10-26-14(23)6-5-13-11(2)7-9-27-13/h5-7,9H,4,8,10,19H2,1-3H3/b6-5+. The highest BCUT2D eigenvalue weighted by atomic mass is 32.1. The number of carbonyl (C=O) groups is 2. The highest BCUT2D eigenvalue weighted by molar-refractivity contribution is 7.11. The van der Waals surface area contributed by atoms with E-state index in [4.69, 9.17) is 10.5 Å². The van der Waals surface area contributed by atoms with E-state index >= 15 is 0 Å². The molecule has 0 spiro atoms. The van der Waals surface area contributed by atoms with Gasteiger partial charge in [0.15, 0.2) is 6.61 Å². The summed E-state index contributed by atoms with van der Waals surface area (Å²) in [6, 6.07) is 1.92. The van der Waals surface area contributed by atoms with Crippen molar-refractivity contribution in [2.24, 2.45) is 7.05 Å². The lowest BCUT2D eigenvalue weighted by Gasteiger charge is -2.13. The number of Topliss-reactive ketones (excluding diaryl/α,β-unsaturated/α-hetero) is 1. The molecule has 0 saturated carbocycles. The van der Waals surface area contributed by atoms with Crippen molar-refractivity contribution in [2.75, 3.05) is 12.3 Å². The minimum Gasteiger partial charge on any atom is -0.454 e. The molecule has 0 amide bonds. The first-order valence-electron chi connectivity index (χ1n) is 8.29. The van der Waals surface area contributed by atoms with Gasteiger partial charge >= 0.3 is 11.7 Å². The van der Waals surface area contributed by atoms with Crippen molar-refractivity contribution in [1.82, 2.24) is 9.13 Å². The van der Waals surface area contributed by atoms with Crippen LogP contribution in [-0.4, -0.2) is 27.5 Å². The Hall–Kier alpha value is -2.94. The molecule has 2 rings (SSSR count). The molecule has 2 heterocycles. The van der Waals surface area contributed by atoms with Gasteiger partial charge in [-0.05, 0) is 36.4 Å². The van der Waals surface area contributed by atoms with Gasteiger partial charge in [-0.1, -0.05) is 6.92 Å². The third kappa shape index (κ3) is 4.43. The Morgan fingerprint density at radius 2 is 2.04 bits per heavy atom. The van der Waals surface area contributed by atoms with E-state index < -0.39 is 29.6 Å². The van der Waals surface area contributed by atoms with Gasteiger partial charge in [-0.2, -0.15) is 0 Å². The van der Waals surface area contributed by atoms with E-state index in [2.05, 4.69) is 0 Å². The maximum absolute atomic E-state index is 12.4. The number of hydrogen-bond donors (Lipinski definition) is 1. The van der Waals surface area contributed by atoms with Crippen LogP contribution in [0.3, 0.4) is 0 Å². The summed E-state index contributed by atoms with van der Waals surface area (Å²) >= 11 is 1.47. The monoisotopic (exact) mass is 391 g/mol. The number of nitrogens with zero attached hydrogens (tertiary/aromatic N) is 2. The Labute approximate surface area is 159 Å². The second kappa shape index (κ2) is 8.63. The number of nitrogens with two attached hydrogens (primary N) is 1. The smallest absolute Gasteiger partial charge is 0.332 e. The maximum Gasteiger partial charge on any atom is 0.332 e. The van der Waals surface area contributed by atoms with Crippen molar-refractivity contribution in [3.8, 4) is 0 Å². The zero-order chi connectivity index (χ0) is 20.1. The molecule has 2 aromatic rings. The number of anilines is 1. The molecule has 0 saturated heterocycles. The average Bonchev–Trinajstić information content (AvgIpc) is 3.05. The van der Waals surface area contributed by atoms with Gasteiger partial charge in [0, 0.05) is 24.5 Å². The van der Waals surface area contributed by atoms with Crippen molar-refractivity contribution in [2.45, 2.75) is 26.8 Å². The molecule has 144 valence electrons. The molecule has 2 N–H and O–H groups in total. The lowest BCUT2D eigenvalue weighted by molar-refractivity contribution is -0.136. The summed E-state index contributed by atoms with van der Waals surface area (Å²) in [6.45, 7) is 3.37. The molecule has 0 aromatic carbocycles. The van der Waals surface area contributed by atoms with E-state index in [-0.39, 0.29) is 17.9 Å². The van der Waals surface area contributed by atoms with Gasteiger partial charge in [-0.15, -0.1) is 11.3 Å². The summed E-state index contributed by atoms with van der Waals surface area (Å²) < 4.78 is 6.90. The van der Waals surface area contributed by atoms with E-state index in [9.17, 15) is 19.2 Å². The largest absolute Gasteiger partial charge is 0.454 e. The lowest BCUT2D eigenvalue weighted by atomic mass is 10.2.